The van der Waals surface area contributed by atoms with Gasteiger partial charge in [0.15, 0.2) is 4.90 Å². The van der Waals surface area contributed by atoms with E-state index >= 15 is 0 Å². The maximum Gasteiger partial charge on any atom is 0.289 e. The van der Waals surface area contributed by atoms with Gasteiger partial charge < -0.3 is 5.73 Å². The normalized spacial score (nSPS) is 29.2. The highest BCUT2D eigenvalue weighted by molar-refractivity contribution is 7.89. The van der Waals surface area contributed by atoms with Gasteiger partial charge in [0.05, 0.1) is 4.92 Å². The number of nitro groups is 1. The van der Waals surface area contributed by atoms with Crippen LogP contribution in [0.2, 0.25) is 0 Å². The lowest BCUT2D eigenvalue weighted by atomic mass is 9.84. The molecule has 22 heavy (non-hydrogen) atoms. The molecule has 0 aliphatic carbocycles. The van der Waals surface area contributed by atoms with Gasteiger partial charge in [0.25, 0.3) is 5.69 Å². The molecule has 1 aromatic carbocycles. The highest BCUT2D eigenvalue weighted by atomic mass is 32.2. The number of rotatable bonds is 3. The molecule has 2 aliphatic rings. The first-order valence-electron chi connectivity index (χ1n) is 7.44. The van der Waals surface area contributed by atoms with E-state index in [2.05, 4.69) is 0 Å². The third kappa shape index (κ3) is 2.51. The van der Waals surface area contributed by atoms with Crippen LogP contribution in [0.25, 0.3) is 0 Å². The van der Waals surface area contributed by atoms with E-state index in [1.807, 2.05) is 0 Å². The van der Waals surface area contributed by atoms with E-state index in [4.69, 9.17) is 5.73 Å². The fourth-order valence-electron chi connectivity index (χ4n) is 3.71. The van der Waals surface area contributed by atoms with E-state index in [-0.39, 0.29) is 28.7 Å². The van der Waals surface area contributed by atoms with Gasteiger partial charge in [-0.3, -0.25) is 10.1 Å². The Morgan fingerprint density at radius 1 is 1.18 bits per heavy atom. The highest BCUT2D eigenvalue weighted by Crippen LogP contribution is 2.39. The van der Waals surface area contributed by atoms with E-state index in [1.54, 1.807) is 0 Å². The van der Waals surface area contributed by atoms with Crippen LogP contribution in [0.3, 0.4) is 0 Å². The topological polar surface area (TPSA) is 107 Å². The lowest BCUT2D eigenvalue weighted by Gasteiger charge is -2.46. The maximum atomic E-state index is 13.0. The summed E-state index contributed by atoms with van der Waals surface area (Å²) in [5, 5.41) is 11.2. The van der Waals surface area contributed by atoms with E-state index in [1.165, 1.54) is 28.6 Å². The summed E-state index contributed by atoms with van der Waals surface area (Å²) in [4.78, 5) is 10.3. The van der Waals surface area contributed by atoms with E-state index in [0.717, 1.165) is 19.3 Å². The molecule has 8 heteroatoms. The monoisotopic (exact) mass is 325 g/mol. The van der Waals surface area contributed by atoms with Crippen LogP contribution >= 0.6 is 0 Å². The number of nitro benzene ring substituents is 1. The molecule has 2 saturated heterocycles. The molecule has 2 unspecified atom stereocenters. The number of fused-ring (bicyclic) bond motifs is 2. The van der Waals surface area contributed by atoms with Gasteiger partial charge in [-0.25, -0.2) is 8.42 Å². The quantitative estimate of drug-likeness (QED) is 0.671. The van der Waals surface area contributed by atoms with Gasteiger partial charge in [0, 0.05) is 24.2 Å². The average molecular weight is 325 g/mol. The van der Waals surface area contributed by atoms with Crippen molar-refractivity contribution in [3.63, 3.8) is 0 Å². The van der Waals surface area contributed by atoms with E-state index < -0.39 is 14.9 Å². The number of hydrogen-bond donors (Lipinski definition) is 1. The Kier molecular flexibility index (Phi) is 3.92. The number of nitrogens with zero attached hydrogens (tertiary/aromatic N) is 2. The van der Waals surface area contributed by atoms with Crippen molar-refractivity contribution in [2.75, 3.05) is 0 Å². The van der Waals surface area contributed by atoms with Crippen LogP contribution in [-0.2, 0) is 10.0 Å². The number of piperidine rings is 2. The molecule has 1 aromatic rings. The molecular formula is C14H19N3O4S. The Morgan fingerprint density at radius 2 is 1.77 bits per heavy atom. The summed E-state index contributed by atoms with van der Waals surface area (Å²) in [5.41, 5.74) is 5.65. The van der Waals surface area contributed by atoms with Crippen molar-refractivity contribution in [3.8, 4) is 0 Å². The molecule has 3 rings (SSSR count). The first-order valence-corrected chi connectivity index (χ1v) is 8.88. The van der Waals surface area contributed by atoms with Gasteiger partial charge >= 0.3 is 0 Å². The standard InChI is InChI=1S/C14H19N3O4S/c15-10-8-11-4-3-5-12(9-10)16(11)22(20,21)14-7-2-1-6-13(14)17(18)19/h1-2,6-7,10-12H,3-5,8-9,15H2. The molecule has 2 atom stereocenters. The third-order valence-electron chi connectivity index (χ3n) is 4.56. The van der Waals surface area contributed by atoms with Crippen molar-refractivity contribution in [2.24, 2.45) is 5.73 Å². The van der Waals surface area contributed by atoms with Crippen molar-refractivity contribution in [1.29, 1.82) is 0 Å². The summed E-state index contributed by atoms with van der Waals surface area (Å²) in [6.07, 6.45) is 3.76. The lowest BCUT2D eigenvalue weighted by Crippen LogP contribution is -2.57. The SMILES string of the molecule is NC1CC2CCCC(C1)N2S(=O)(=O)c1ccccc1[N+](=O)[O-]. The molecule has 7 nitrogen and oxygen atoms in total. The van der Waals surface area contributed by atoms with Crippen molar-refractivity contribution < 1.29 is 13.3 Å². The summed E-state index contributed by atoms with van der Waals surface area (Å²) >= 11 is 0. The minimum Gasteiger partial charge on any atom is -0.328 e. The molecule has 0 radical (unpaired) electrons. The van der Waals surface area contributed by atoms with Gasteiger partial charge in [-0.05, 0) is 31.7 Å². The second-order valence-corrected chi connectivity index (χ2v) is 7.84. The fraction of sp³-hybridized carbons (Fsp3) is 0.571. The lowest BCUT2D eigenvalue weighted by molar-refractivity contribution is -0.387. The van der Waals surface area contributed by atoms with Crippen molar-refractivity contribution in [3.05, 3.63) is 34.4 Å². The number of sulfonamides is 1. The summed E-state index contributed by atoms with van der Waals surface area (Å²) in [7, 11) is -3.88. The van der Waals surface area contributed by atoms with Crippen LogP contribution in [0.1, 0.15) is 32.1 Å². The van der Waals surface area contributed by atoms with Crippen LogP contribution in [0.5, 0.6) is 0 Å². The molecule has 2 bridgehead atoms. The zero-order chi connectivity index (χ0) is 15.9. The van der Waals surface area contributed by atoms with Crippen molar-refractivity contribution in [2.45, 2.75) is 55.1 Å². The number of para-hydroxylation sites is 1. The minimum absolute atomic E-state index is 0.00695. The third-order valence-corrected chi connectivity index (χ3v) is 6.61. The maximum absolute atomic E-state index is 13.0. The first-order chi connectivity index (χ1) is 10.4. The van der Waals surface area contributed by atoms with Gasteiger partial charge in [-0.15, -0.1) is 0 Å². The highest BCUT2D eigenvalue weighted by Gasteiger charge is 2.45. The predicted octanol–water partition coefficient (Wildman–Crippen LogP) is 1.63. The largest absolute Gasteiger partial charge is 0.328 e. The van der Waals surface area contributed by atoms with Gasteiger partial charge in [0.2, 0.25) is 10.0 Å². The summed E-state index contributed by atoms with van der Waals surface area (Å²) in [6, 6.07) is 5.26. The van der Waals surface area contributed by atoms with E-state index in [9.17, 15) is 18.5 Å². The Bertz CT molecular complexity index is 677. The minimum atomic E-state index is -3.88. The predicted molar refractivity (Wildman–Crippen MR) is 80.8 cm³/mol. The molecule has 2 fully saturated rings. The summed E-state index contributed by atoms with van der Waals surface area (Å²) in [5.74, 6) is 0. The van der Waals surface area contributed by atoms with Crippen molar-refractivity contribution in [1.82, 2.24) is 4.31 Å². The summed E-state index contributed by atoms with van der Waals surface area (Å²) < 4.78 is 27.5. The molecular weight excluding hydrogens is 306 g/mol. The molecule has 2 heterocycles. The Morgan fingerprint density at radius 3 is 2.36 bits per heavy atom. The number of nitrogens with two attached hydrogens (primary N) is 1. The Balaban J connectivity index is 2.05. The first kappa shape index (κ1) is 15.4. The van der Waals surface area contributed by atoms with E-state index in [0.29, 0.717) is 12.8 Å². The van der Waals surface area contributed by atoms with Crippen LogP contribution in [-0.4, -0.2) is 35.8 Å². The molecule has 0 amide bonds. The summed E-state index contributed by atoms with van der Waals surface area (Å²) in [6.45, 7) is 0. The Labute approximate surface area is 129 Å². The molecule has 120 valence electrons. The molecule has 2 N–H and O–H groups in total. The fourth-order valence-corrected chi connectivity index (χ4v) is 5.77. The number of hydrogen-bond acceptors (Lipinski definition) is 5. The second-order valence-electron chi connectivity index (χ2n) is 6.03. The smallest absolute Gasteiger partial charge is 0.289 e. The number of benzene rings is 1. The average Bonchev–Trinajstić information content (AvgIpc) is 2.46. The Hall–Kier alpha value is -1.51. The van der Waals surface area contributed by atoms with Crippen LogP contribution in [0.15, 0.2) is 29.2 Å². The van der Waals surface area contributed by atoms with Crippen LogP contribution in [0, 0.1) is 10.1 Å². The van der Waals surface area contributed by atoms with Crippen LogP contribution < -0.4 is 5.73 Å². The van der Waals surface area contributed by atoms with Crippen LogP contribution in [0.4, 0.5) is 5.69 Å². The second kappa shape index (κ2) is 5.60. The zero-order valence-corrected chi connectivity index (χ0v) is 12.9. The molecule has 0 spiro atoms. The van der Waals surface area contributed by atoms with Gasteiger partial charge in [0.1, 0.15) is 0 Å². The van der Waals surface area contributed by atoms with Gasteiger partial charge in [-0.2, -0.15) is 4.31 Å². The molecule has 0 aromatic heterocycles. The van der Waals surface area contributed by atoms with Gasteiger partial charge in [-0.1, -0.05) is 18.6 Å². The van der Waals surface area contributed by atoms with Crippen molar-refractivity contribution >= 4 is 15.7 Å². The zero-order valence-electron chi connectivity index (χ0n) is 12.1. The molecule has 2 aliphatic heterocycles. The molecule has 0 saturated carbocycles.